The van der Waals surface area contributed by atoms with Gasteiger partial charge in [0.2, 0.25) is 23.5 Å². The summed E-state index contributed by atoms with van der Waals surface area (Å²) in [5.74, 6) is 1.14. The zero-order chi connectivity index (χ0) is 23.5. The van der Waals surface area contributed by atoms with Gasteiger partial charge in [-0.25, -0.2) is 0 Å². The molecule has 3 heterocycles. The third kappa shape index (κ3) is 4.71. The first-order valence-corrected chi connectivity index (χ1v) is 11.6. The van der Waals surface area contributed by atoms with Crippen LogP contribution in [0.3, 0.4) is 0 Å². The average Bonchev–Trinajstić information content (AvgIpc) is 3.51. The number of amides is 2. The lowest BCUT2D eigenvalue weighted by Gasteiger charge is -2.31. The van der Waals surface area contributed by atoms with Gasteiger partial charge in [-0.2, -0.15) is 4.98 Å². The predicted octanol–water partition coefficient (Wildman–Crippen LogP) is 4.52. The molecule has 0 saturated carbocycles. The fourth-order valence-electron chi connectivity index (χ4n) is 4.57. The number of nitrogens with zero attached hydrogens (tertiary/aromatic N) is 3. The normalized spacial score (nSPS) is 16.0. The molecule has 2 amide bonds. The van der Waals surface area contributed by atoms with E-state index in [-0.39, 0.29) is 17.7 Å². The second kappa shape index (κ2) is 9.51. The van der Waals surface area contributed by atoms with Crippen LogP contribution in [0.5, 0.6) is 0 Å². The van der Waals surface area contributed by atoms with Crippen LogP contribution in [-0.2, 0) is 16.0 Å². The highest BCUT2D eigenvalue weighted by Gasteiger charge is 2.28. The van der Waals surface area contributed by atoms with Gasteiger partial charge in [-0.15, -0.1) is 0 Å². The van der Waals surface area contributed by atoms with Gasteiger partial charge in [-0.3, -0.25) is 9.59 Å². The minimum atomic E-state index is -0.118. The number of nitrogens with one attached hydrogen (secondary N) is 2. The van der Waals surface area contributed by atoms with E-state index in [9.17, 15) is 9.59 Å². The number of aryl methyl sites for hydroxylation is 1. The average molecular weight is 458 g/mol. The number of aromatic amines is 1. The van der Waals surface area contributed by atoms with Crippen molar-refractivity contribution in [1.29, 1.82) is 0 Å². The zero-order valence-electron chi connectivity index (χ0n) is 19.1. The van der Waals surface area contributed by atoms with Crippen LogP contribution in [0.1, 0.15) is 43.6 Å². The van der Waals surface area contributed by atoms with E-state index < -0.39 is 0 Å². The molecule has 0 aliphatic carbocycles. The number of aromatic nitrogens is 3. The number of benzene rings is 2. The van der Waals surface area contributed by atoms with Crippen LogP contribution in [0.4, 0.5) is 5.69 Å². The monoisotopic (exact) mass is 457 g/mol. The number of hydrogen-bond acceptors (Lipinski definition) is 5. The van der Waals surface area contributed by atoms with Gasteiger partial charge < -0.3 is 19.7 Å². The van der Waals surface area contributed by atoms with E-state index in [2.05, 4.69) is 26.5 Å². The van der Waals surface area contributed by atoms with Crippen LogP contribution in [0.25, 0.3) is 22.3 Å². The Labute approximate surface area is 197 Å². The molecule has 2 N–H and O–H groups in total. The Morgan fingerprint density at radius 1 is 1.18 bits per heavy atom. The second-order valence-corrected chi connectivity index (χ2v) is 8.75. The number of H-pyrrole nitrogens is 1. The van der Waals surface area contributed by atoms with Gasteiger partial charge in [0.25, 0.3) is 0 Å². The minimum Gasteiger partial charge on any atom is -0.361 e. The highest BCUT2D eigenvalue weighted by Crippen LogP contribution is 2.29. The van der Waals surface area contributed by atoms with Crippen molar-refractivity contribution in [2.45, 2.75) is 38.5 Å². The lowest BCUT2D eigenvalue weighted by molar-refractivity contribution is -0.132. The molecule has 1 aliphatic rings. The number of rotatable bonds is 6. The third-order valence-electron chi connectivity index (χ3n) is 6.31. The summed E-state index contributed by atoms with van der Waals surface area (Å²) >= 11 is 0. The van der Waals surface area contributed by atoms with Crippen molar-refractivity contribution in [3.8, 4) is 11.4 Å². The first-order chi connectivity index (χ1) is 16.6. The lowest BCUT2D eigenvalue weighted by atomic mass is 9.97. The molecular formula is C26H27N5O3. The topological polar surface area (TPSA) is 104 Å². The van der Waals surface area contributed by atoms with Crippen molar-refractivity contribution in [2.75, 3.05) is 18.4 Å². The molecule has 0 spiro atoms. The Hall–Kier alpha value is -3.94. The maximum absolute atomic E-state index is 13.0. The van der Waals surface area contributed by atoms with Gasteiger partial charge in [0, 0.05) is 54.8 Å². The highest BCUT2D eigenvalue weighted by molar-refractivity contribution is 5.89. The zero-order valence-corrected chi connectivity index (χ0v) is 19.1. The molecule has 8 nitrogen and oxygen atoms in total. The Balaban J connectivity index is 1.21. The van der Waals surface area contributed by atoms with E-state index in [4.69, 9.17) is 4.52 Å². The van der Waals surface area contributed by atoms with Crippen molar-refractivity contribution in [3.63, 3.8) is 0 Å². The molecule has 4 aromatic rings. The molecule has 1 atom stereocenters. The van der Waals surface area contributed by atoms with Crippen molar-refractivity contribution in [1.82, 2.24) is 20.0 Å². The largest absolute Gasteiger partial charge is 0.361 e. The van der Waals surface area contributed by atoms with E-state index in [1.165, 1.54) is 17.9 Å². The first kappa shape index (κ1) is 21.9. The number of para-hydroxylation sites is 1. The number of fused-ring (bicyclic) bond motifs is 1. The van der Waals surface area contributed by atoms with E-state index in [0.717, 1.165) is 30.5 Å². The van der Waals surface area contributed by atoms with E-state index in [1.807, 2.05) is 53.6 Å². The van der Waals surface area contributed by atoms with Crippen LogP contribution in [0.2, 0.25) is 0 Å². The number of hydrogen-bond donors (Lipinski definition) is 2. The summed E-state index contributed by atoms with van der Waals surface area (Å²) in [4.78, 5) is 34.0. The molecule has 1 aliphatic heterocycles. The molecule has 0 radical (unpaired) electrons. The molecule has 5 rings (SSSR count). The third-order valence-corrected chi connectivity index (χ3v) is 6.31. The maximum Gasteiger partial charge on any atom is 0.231 e. The second-order valence-electron chi connectivity index (χ2n) is 8.75. The summed E-state index contributed by atoms with van der Waals surface area (Å²) in [7, 11) is 0. The molecular weight excluding hydrogens is 430 g/mol. The summed E-state index contributed by atoms with van der Waals surface area (Å²) in [5, 5.41) is 8.06. The van der Waals surface area contributed by atoms with Crippen LogP contribution in [0, 0.1) is 0 Å². The quantitative estimate of drug-likeness (QED) is 0.443. The molecule has 2 aromatic carbocycles. The van der Waals surface area contributed by atoms with Crippen LogP contribution >= 0.6 is 0 Å². The van der Waals surface area contributed by atoms with E-state index >= 15 is 0 Å². The Morgan fingerprint density at radius 3 is 2.82 bits per heavy atom. The number of piperidine rings is 1. The van der Waals surface area contributed by atoms with Gasteiger partial charge in [0.1, 0.15) is 0 Å². The summed E-state index contributed by atoms with van der Waals surface area (Å²) in [6.07, 6.45) is 5.01. The van der Waals surface area contributed by atoms with Gasteiger partial charge >= 0.3 is 0 Å². The Kier molecular flexibility index (Phi) is 6.12. The highest BCUT2D eigenvalue weighted by atomic mass is 16.5. The molecule has 34 heavy (non-hydrogen) atoms. The maximum atomic E-state index is 13.0. The smallest absolute Gasteiger partial charge is 0.231 e. The number of likely N-dealkylation sites (tertiary alicyclic amines) is 1. The molecule has 0 bridgehead atoms. The molecule has 8 heteroatoms. The minimum absolute atomic E-state index is 0.0330. The van der Waals surface area contributed by atoms with Crippen LogP contribution in [-0.4, -0.2) is 44.9 Å². The van der Waals surface area contributed by atoms with E-state index in [0.29, 0.717) is 36.8 Å². The van der Waals surface area contributed by atoms with Crippen LogP contribution < -0.4 is 5.32 Å². The van der Waals surface area contributed by atoms with Gasteiger partial charge in [-0.1, -0.05) is 23.4 Å². The molecule has 2 aromatic heterocycles. The molecule has 1 unspecified atom stereocenters. The first-order valence-electron chi connectivity index (χ1n) is 11.6. The van der Waals surface area contributed by atoms with E-state index in [1.54, 1.807) is 0 Å². The van der Waals surface area contributed by atoms with Crippen molar-refractivity contribution in [3.05, 3.63) is 66.2 Å². The van der Waals surface area contributed by atoms with Gasteiger partial charge in [0.15, 0.2) is 0 Å². The van der Waals surface area contributed by atoms with Crippen molar-refractivity contribution >= 4 is 28.4 Å². The summed E-state index contributed by atoms with van der Waals surface area (Å²) in [6, 6.07) is 15.5. The van der Waals surface area contributed by atoms with Gasteiger partial charge in [-0.05, 0) is 55.2 Å². The number of carbonyl (C=O) groups is 2. The van der Waals surface area contributed by atoms with Crippen LogP contribution in [0.15, 0.2) is 59.3 Å². The number of carbonyl (C=O) groups excluding carboxylic acids is 2. The molecule has 174 valence electrons. The Morgan fingerprint density at radius 2 is 2.00 bits per heavy atom. The molecule has 1 saturated heterocycles. The lowest BCUT2D eigenvalue weighted by Crippen LogP contribution is -2.39. The fourth-order valence-corrected chi connectivity index (χ4v) is 4.57. The van der Waals surface area contributed by atoms with Crippen molar-refractivity contribution < 1.29 is 14.1 Å². The molecule has 1 fully saturated rings. The van der Waals surface area contributed by atoms with Crippen molar-refractivity contribution in [2.24, 2.45) is 0 Å². The Bertz CT molecular complexity index is 1310. The standard InChI is InChI=1S/C26H27N5O3/c1-17(32)28-21-11-8-18(9-12-21)25-29-26(34-30-25)20-5-4-14-31(16-20)24(33)13-10-19-15-27-23-7-3-2-6-22(19)23/h2-3,6-9,11-12,15,20,27H,4-5,10,13-14,16H2,1H3,(H,28,32). The summed E-state index contributed by atoms with van der Waals surface area (Å²) < 4.78 is 5.58. The number of anilines is 1. The fraction of sp³-hybridized carbons (Fsp3) is 0.308. The summed E-state index contributed by atoms with van der Waals surface area (Å²) in [5.41, 5.74) is 3.80. The summed E-state index contributed by atoms with van der Waals surface area (Å²) in [6.45, 7) is 2.82. The van der Waals surface area contributed by atoms with Gasteiger partial charge in [0.05, 0.1) is 5.92 Å². The predicted molar refractivity (Wildman–Crippen MR) is 129 cm³/mol. The SMILES string of the molecule is CC(=O)Nc1ccc(-c2noc(C3CCCN(C(=O)CCc4c[nH]c5ccccc45)C3)n2)cc1.